The molecule has 2 heterocycles. The molecule has 9 heteroatoms. The van der Waals surface area contributed by atoms with Crippen molar-refractivity contribution < 1.29 is 17.9 Å². The number of aryl methyl sites for hydroxylation is 2. The van der Waals surface area contributed by atoms with E-state index in [9.17, 15) is 13.2 Å². The van der Waals surface area contributed by atoms with Gasteiger partial charge in [-0.15, -0.1) is 0 Å². The SMILES string of the molecule is CCOC(=O)c1cnn(-c2cc(C)c3ccccc3n2)c1NS(=O)(=O)c1ccc(C)cc1. The molecule has 2 aromatic heterocycles. The van der Waals surface area contributed by atoms with E-state index in [2.05, 4.69) is 14.8 Å². The van der Waals surface area contributed by atoms with Gasteiger partial charge in [0.2, 0.25) is 0 Å². The molecule has 0 saturated carbocycles. The summed E-state index contributed by atoms with van der Waals surface area (Å²) in [4.78, 5) is 17.2. The summed E-state index contributed by atoms with van der Waals surface area (Å²) in [6, 6.07) is 15.8. The number of aromatic nitrogens is 3. The van der Waals surface area contributed by atoms with Gasteiger partial charge in [0.15, 0.2) is 11.6 Å². The lowest BCUT2D eigenvalue weighted by Crippen LogP contribution is -2.19. The number of anilines is 1. The number of hydrogen-bond acceptors (Lipinski definition) is 6. The minimum Gasteiger partial charge on any atom is -0.462 e. The molecule has 0 aliphatic rings. The average molecular weight is 451 g/mol. The van der Waals surface area contributed by atoms with Crippen LogP contribution in [0.5, 0.6) is 0 Å². The second-order valence-corrected chi connectivity index (χ2v) is 8.95. The fraction of sp³-hybridized carbons (Fsp3) is 0.174. The monoisotopic (exact) mass is 450 g/mol. The van der Waals surface area contributed by atoms with Gasteiger partial charge in [-0.25, -0.2) is 18.2 Å². The number of nitrogens with one attached hydrogen (secondary N) is 1. The summed E-state index contributed by atoms with van der Waals surface area (Å²) < 4.78 is 35.1. The number of rotatable bonds is 6. The number of benzene rings is 2. The van der Waals surface area contributed by atoms with Crippen LogP contribution in [0.2, 0.25) is 0 Å². The number of pyridine rings is 1. The first-order valence-corrected chi connectivity index (χ1v) is 11.5. The number of nitrogens with zero attached hydrogens (tertiary/aromatic N) is 3. The van der Waals surface area contributed by atoms with Crippen LogP contribution in [-0.4, -0.2) is 35.8 Å². The zero-order valence-corrected chi connectivity index (χ0v) is 18.7. The van der Waals surface area contributed by atoms with Crippen molar-refractivity contribution >= 4 is 32.7 Å². The molecular weight excluding hydrogens is 428 g/mol. The molecule has 0 bridgehead atoms. The van der Waals surface area contributed by atoms with E-state index in [1.165, 1.54) is 23.0 Å². The van der Waals surface area contributed by atoms with Crippen LogP contribution in [0.25, 0.3) is 16.7 Å². The third-order valence-electron chi connectivity index (χ3n) is 4.95. The molecule has 0 fully saturated rings. The van der Waals surface area contributed by atoms with Crippen molar-refractivity contribution in [3.05, 3.63) is 77.5 Å². The van der Waals surface area contributed by atoms with Crippen LogP contribution in [0.4, 0.5) is 5.82 Å². The number of fused-ring (bicyclic) bond motifs is 1. The lowest BCUT2D eigenvalue weighted by Gasteiger charge is -2.13. The number of carbonyl (C=O) groups excluding carboxylic acids is 1. The van der Waals surface area contributed by atoms with Crippen molar-refractivity contribution in [1.29, 1.82) is 0 Å². The lowest BCUT2D eigenvalue weighted by atomic mass is 10.1. The Morgan fingerprint density at radius 2 is 1.81 bits per heavy atom. The van der Waals surface area contributed by atoms with Crippen molar-refractivity contribution in [1.82, 2.24) is 14.8 Å². The Morgan fingerprint density at radius 3 is 2.53 bits per heavy atom. The molecule has 164 valence electrons. The predicted octanol–water partition coefficient (Wildman–Crippen LogP) is 4.01. The summed E-state index contributed by atoms with van der Waals surface area (Å²) in [5, 5.41) is 5.22. The third kappa shape index (κ3) is 4.06. The van der Waals surface area contributed by atoms with Crippen molar-refractivity contribution in [3.8, 4) is 5.82 Å². The van der Waals surface area contributed by atoms with Crippen LogP contribution in [0.15, 0.2) is 65.7 Å². The van der Waals surface area contributed by atoms with Gasteiger partial charge < -0.3 is 4.74 Å². The van der Waals surface area contributed by atoms with E-state index in [4.69, 9.17) is 4.74 Å². The summed E-state index contributed by atoms with van der Waals surface area (Å²) in [6.07, 6.45) is 1.27. The molecule has 0 atom stereocenters. The molecule has 0 saturated heterocycles. The summed E-state index contributed by atoms with van der Waals surface area (Å²) in [5.41, 5.74) is 2.58. The molecule has 8 nitrogen and oxygen atoms in total. The molecule has 0 aliphatic carbocycles. The zero-order valence-electron chi connectivity index (χ0n) is 17.9. The summed E-state index contributed by atoms with van der Waals surface area (Å²) in [7, 11) is -4.00. The standard InChI is InChI=1S/C23H22N4O4S/c1-4-31-23(28)19-14-24-27(21-13-16(3)18-7-5-6-8-20(18)25-21)22(19)26-32(29,30)17-11-9-15(2)10-12-17/h5-14,26H,4H2,1-3H3. The molecule has 2 aromatic carbocycles. The minimum atomic E-state index is -4.00. The largest absolute Gasteiger partial charge is 0.462 e. The quantitative estimate of drug-likeness (QED) is 0.445. The topological polar surface area (TPSA) is 103 Å². The fourth-order valence-corrected chi connectivity index (χ4v) is 4.39. The number of carbonyl (C=O) groups is 1. The van der Waals surface area contributed by atoms with Crippen molar-refractivity contribution in [2.24, 2.45) is 0 Å². The predicted molar refractivity (Wildman–Crippen MR) is 122 cm³/mol. The first-order valence-electron chi connectivity index (χ1n) is 10.0. The Kier molecular flexibility index (Phi) is 5.67. The first-order chi connectivity index (χ1) is 15.3. The molecule has 1 N–H and O–H groups in total. The number of hydrogen-bond donors (Lipinski definition) is 1. The molecule has 0 unspecified atom stereocenters. The Balaban J connectivity index is 1.86. The van der Waals surface area contributed by atoms with Gasteiger partial charge in [0, 0.05) is 5.39 Å². The summed E-state index contributed by atoms with van der Waals surface area (Å²) >= 11 is 0. The highest BCUT2D eigenvalue weighted by molar-refractivity contribution is 7.92. The van der Waals surface area contributed by atoms with Gasteiger partial charge in [0.05, 0.1) is 23.2 Å². The van der Waals surface area contributed by atoms with E-state index in [-0.39, 0.29) is 22.9 Å². The first kappa shape index (κ1) is 21.5. The van der Waals surface area contributed by atoms with Crippen LogP contribution >= 0.6 is 0 Å². The number of ether oxygens (including phenoxy) is 1. The van der Waals surface area contributed by atoms with Gasteiger partial charge in [-0.3, -0.25) is 4.72 Å². The summed E-state index contributed by atoms with van der Waals surface area (Å²) in [6.45, 7) is 5.61. The van der Waals surface area contributed by atoms with Crippen LogP contribution in [0.3, 0.4) is 0 Å². The maximum absolute atomic E-state index is 13.1. The highest BCUT2D eigenvalue weighted by Crippen LogP contribution is 2.26. The molecule has 0 spiro atoms. The van der Waals surface area contributed by atoms with Crippen LogP contribution < -0.4 is 4.72 Å². The maximum Gasteiger partial charge on any atom is 0.343 e. The van der Waals surface area contributed by atoms with Gasteiger partial charge in [-0.05, 0) is 50.6 Å². The van der Waals surface area contributed by atoms with Gasteiger partial charge >= 0.3 is 5.97 Å². The van der Waals surface area contributed by atoms with Gasteiger partial charge in [-0.2, -0.15) is 9.78 Å². The maximum atomic E-state index is 13.1. The Morgan fingerprint density at radius 1 is 1.09 bits per heavy atom. The van der Waals surface area contributed by atoms with Crippen LogP contribution in [-0.2, 0) is 14.8 Å². The second-order valence-electron chi connectivity index (χ2n) is 7.27. The Labute approximate surface area is 185 Å². The van der Waals surface area contributed by atoms with E-state index >= 15 is 0 Å². The molecule has 0 aliphatic heterocycles. The fourth-order valence-electron chi connectivity index (χ4n) is 3.32. The van der Waals surface area contributed by atoms with Gasteiger partial charge in [0.25, 0.3) is 10.0 Å². The smallest absolute Gasteiger partial charge is 0.343 e. The highest BCUT2D eigenvalue weighted by atomic mass is 32.2. The Bertz CT molecular complexity index is 1410. The second kappa shape index (κ2) is 8.43. The van der Waals surface area contributed by atoms with E-state index in [0.717, 1.165) is 22.0 Å². The summed E-state index contributed by atoms with van der Waals surface area (Å²) in [5.74, 6) is -0.345. The molecular formula is C23H22N4O4S. The van der Waals surface area contributed by atoms with E-state index < -0.39 is 16.0 Å². The van der Waals surface area contributed by atoms with E-state index in [1.807, 2.05) is 38.1 Å². The molecule has 32 heavy (non-hydrogen) atoms. The zero-order chi connectivity index (χ0) is 22.9. The van der Waals surface area contributed by atoms with Crippen LogP contribution in [0.1, 0.15) is 28.4 Å². The van der Waals surface area contributed by atoms with Crippen molar-refractivity contribution in [2.45, 2.75) is 25.7 Å². The number of esters is 1. The lowest BCUT2D eigenvalue weighted by molar-refractivity contribution is 0.0527. The number of sulfonamides is 1. The van der Waals surface area contributed by atoms with Gasteiger partial charge in [0.1, 0.15) is 5.56 Å². The third-order valence-corrected chi connectivity index (χ3v) is 6.31. The average Bonchev–Trinajstić information content (AvgIpc) is 3.17. The minimum absolute atomic E-state index is 0.00449. The van der Waals surface area contributed by atoms with E-state index in [0.29, 0.717) is 5.82 Å². The van der Waals surface area contributed by atoms with Crippen molar-refractivity contribution in [2.75, 3.05) is 11.3 Å². The van der Waals surface area contributed by atoms with Gasteiger partial charge in [-0.1, -0.05) is 35.9 Å². The van der Waals surface area contributed by atoms with Crippen molar-refractivity contribution in [3.63, 3.8) is 0 Å². The normalized spacial score (nSPS) is 11.5. The molecule has 4 aromatic rings. The molecule has 4 rings (SSSR count). The number of para-hydroxylation sites is 1. The Hall–Kier alpha value is -3.72. The molecule has 0 amide bonds. The molecule has 0 radical (unpaired) electrons. The van der Waals surface area contributed by atoms with Crippen LogP contribution in [0, 0.1) is 13.8 Å². The van der Waals surface area contributed by atoms with E-state index in [1.54, 1.807) is 25.1 Å². The highest BCUT2D eigenvalue weighted by Gasteiger charge is 2.25.